The predicted molar refractivity (Wildman–Crippen MR) is 72.9 cm³/mol. The van der Waals surface area contributed by atoms with Gasteiger partial charge >= 0.3 is 12.1 Å². The molecule has 120 valence electrons. The number of nitrogens with one attached hydrogen (secondary N) is 1. The minimum Gasteiger partial charge on any atom is -0.475 e. The number of halogens is 4. The van der Waals surface area contributed by atoms with Crippen molar-refractivity contribution in [3.63, 3.8) is 0 Å². The van der Waals surface area contributed by atoms with Crippen LogP contribution in [0.4, 0.5) is 13.2 Å². The third-order valence-corrected chi connectivity index (χ3v) is 3.43. The zero-order valence-corrected chi connectivity index (χ0v) is 11.9. The number of fused-ring (bicyclic) bond motifs is 1. The summed E-state index contributed by atoms with van der Waals surface area (Å²) in [5.41, 5.74) is 2.15. The molecule has 3 rings (SSSR count). The van der Waals surface area contributed by atoms with E-state index >= 15 is 0 Å². The van der Waals surface area contributed by atoms with Gasteiger partial charge in [0.1, 0.15) is 6.10 Å². The van der Waals surface area contributed by atoms with Crippen molar-refractivity contribution in [3.05, 3.63) is 34.9 Å². The Bertz CT molecular complexity index is 575. The van der Waals surface area contributed by atoms with E-state index < -0.39 is 12.1 Å². The van der Waals surface area contributed by atoms with E-state index in [2.05, 4.69) is 10.5 Å². The fourth-order valence-corrected chi connectivity index (χ4v) is 2.24. The monoisotopic (exact) mass is 336 g/mol. The Hall–Kier alpha value is -1.80. The molecule has 2 heterocycles. The van der Waals surface area contributed by atoms with E-state index in [1.54, 1.807) is 0 Å². The molecule has 0 bridgehead atoms. The fraction of sp³-hybridized carbons (Fsp3) is 0.385. The van der Waals surface area contributed by atoms with E-state index in [0.717, 1.165) is 29.4 Å². The number of oxime groups is 1. The van der Waals surface area contributed by atoms with Gasteiger partial charge in [0.2, 0.25) is 0 Å². The summed E-state index contributed by atoms with van der Waals surface area (Å²) >= 11 is 5.85. The van der Waals surface area contributed by atoms with Gasteiger partial charge in [0.15, 0.2) is 0 Å². The van der Waals surface area contributed by atoms with Gasteiger partial charge in [-0.25, -0.2) is 4.79 Å². The highest BCUT2D eigenvalue weighted by molar-refractivity contribution is 6.30. The third kappa shape index (κ3) is 3.89. The summed E-state index contributed by atoms with van der Waals surface area (Å²) in [6.07, 6.45) is -4.87. The van der Waals surface area contributed by atoms with Gasteiger partial charge in [-0.05, 0) is 17.7 Å². The smallest absolute Gasteiger partial charge is 0.475 e. The molecule has 9 heteroatoms. The number of benzene rings is 1. The zero-order chi connectivity index (χ0) is 16.3. The van der Waals surface area contributed by atoms with Crippen molar-refractivity contribution in [2.45, 2.75) is 12.3 Å². The number of nitrogens with zero attached hydrogens (tertiary/aromatic N) is 1. The Morgan fingerprint density at radius 2 is 1.91 bits per heavy atom. The number of rotatable bonds is 1. The van der Waals surface area contributed by atoms with Gasteiger partial charge in [0.05, 0.1) is 11.6 Å². The first-order valence-corrected chi connectivity index (χ1v) is 6.67. The number of aliphatic carboxylic acids is 1. The Balaban J connectivity index is 0.000000217. The van der Waals surface area contributed by atoms with Gasteiger partial charge in [-0.3, -0.25) is 0 Å². The SMILES string of the molecule is Clc1ccc(C2=NO[C@@H]3CNC[C@H]23)cc1.O=C(O)C(F)(F)F. The van der Waals surface area contributed by atoms with Crippen LogP contribution in [0.1, 0.15) is 5.56 Å². The quantitative estimate of drug-likeness (QED) is 0.825. The molecule has 2 atom stereocenters. The van der Waals surface area contributed by atoms with Crippen molar-refractivity contribution in [1.29, 1.82) is 0 Å². The van der Waals surface area contributed by atoms with Crippen LogP contribution in [-0.2, 0) is 9.63 Å². The van der Waals surface area contributed by atoms with Crippen LogP contribution in [0.15, 0.2) is 29.4 Å². The van der Waals surface area contributed by atoms with E-state index in [4.69, 9.17) is 26.3 Å². The second-order valence-electron chi connectivity index (χ2n) is 4.69. The molecule has 0 aromatic heterocycles. The number of carbonyl (C=O) groups is 1. The first-order chi connectivity index (χ1) is 10.3. The van der Waals surface area contributed by atoms with Gasteiger partial charge in [0, 0.05) is 18.1 Å². The van der Waals surface area contributed by atoms with Gasteiger partial charge < -0.3 is 15.3 Å². The molecular weight excluding hydrogens is 325 g/mol. The average molecular weight is 337 g/mol. The molecule has 0 aliphatic carbocycles. The number of carboxylic acid groups (broad SMARTS) is 1. The molecule has 2 N–H and O–H groups in total. The maximum absolute atomic E-state index is 10.6. The van der Waals surface area contributed by atoms with Gasteiger partial charge in [-0.2, -0.15) is 13.2 Å². The van der Waals surface area contributed by atoms with Crippen LogP contribution in [0.25, 0.3) is 0 Å². The first-order valence-electron chi connectivity index (χ1n) is 6.29. The normalized spacial score (nSPS) is 23.0. The second-order valence-corrected chi connectivity index (χ2v) is 5.13. The average Bonchev–Trinajstić information content (AvgIpc) is 3.02. The zero-order valence-electron chi connectivity index (χ0n) is 11.1. The van der Waals surface area contributed by atoms with E-state index in [1.165, 1.54) is 0 Å². The fourth-order valence-electron chi connectivity index (χ4n) is 2.12. The van der Waals surface area contributed by atoms with E-state index in [0.29, 0.717) is 5.92 Å². The Morgan fingerprint density at radius 1 is 1.32 bits per heavy atom. The maximum Gasteiger partial charge on any atom is 0.490 e. The predicted octanol–water partition coefficient (Wildman–Crippen LogP) is 2.30. The van der Waals surface area contributed by atoms with E-state index in [-0.39, 0.29) is 6.10 Å². The van der Waals surface area contributed by atoms with Crippen LogP contribution in [0.5, 0.6) is 0 Å². The molecular formula is C13H12ClF3N2O3. The van der Waals surface area contributed by atoms with Crippen LogP contribution >= 0.6 is 11.6 Å². The molecule has 0 saturated carbocycles. The number of hydrogen-bond acceptors (Lipinski definition) is 4. The van der Waals surface area contributed by atoms with Crippen LogP contribution < -0.4 is 5.32 Å². The van der Waals surface area contributed by atoms with Crippen molar-refractivity contribution in [1.82, 2.24) is 5.32 Å². The van der Waals surface area contributed by atoms with Crippen molar-refractivity contribution < 1.29 is 27.9 Å². The van der Waals surface area contributed by atoms with Gasteiger partial charge in [-0.1, -0.05) is 28.9 Å². The lowest BCUT2D eigenvalue weighted by atomic mass is 9.95. The summed E-state index contributed by atoms with van der Waals surface area (Å²) in [4.78, 5) is 14.3. The molecule has 1 aromatic rings. The largest absolute Gasteiger partial charge is 0.490 e. The van der Waals surface area contributed by atoms with Crippen LogP contribution in [0.3, 0.4) is 0 Å². The lowest BCUT2D eigenvalue weighted by Gasteiger charge is -2.07. The number of alkyl halides is 3. The van der Waals surface area contributed by atoms with Crippen LogP contribution in [0, 0.1) is 5.92 Å². The summed E-state index contributed by atoms with van der Waals surface area (Å²) < 4.78 is 31.7. The summed E-state index contributed by atoms with van der Waals surface area (Å²) in [5, 5.41) is 15.3. The van der Waals surface area contributed by atoms with Crippen molar-refractivity contribution in [2.75, 3.05) is 13.1 Å². The molecule has 22 heavy (non-hydrogen) atoms. The molecule has 2 aliphatic heterocycles. The Kier molecular flexibility index (Phi) is 4.92. The second kappa shape index (κ2) is 6.53. The molecule has 2 aliphatic rings. The number of carboxylic acids is 1. The van der Waals surface area contributed by atoms with E-state index in [1.807, 2.05) is 24.3 Å². The molecule has 1 aromatic carbocycles. The Labute approximate surface area is 128 Å². The minimum absolute atomic E-state index is 0.218. The topological polar surface area (TPSA) is 70.9 Å². The highest BCUT2D eigenvalue weighted by Crippen LogP contribution is 2.26. The molecule has 1 saturated heterocycles. The van der Waals surface area contributed by atoms with E-state index in [9.17, 15) is 13.2 Å². The van der Waals surface area contributed by atoms with Crippen molar-refractivity contribution in [2.24, 2.45) is 11.1 Å². The lowest BCUT2D eigenvalue weighted by Crippen LogP contribution is -2.21. The Morgan fingerprint density at radius 3 is 2.45 bits per heavy atom. The highest BCUT2D eigenvalue weighted by Gasteiger charge is 2.39. The number of hydrogen-bond donors (Lipinski definition) is 2. The summed E-state index contributed by atoms with van der Waals surface area (Å²) in [7, 11) is 0. The van der Waals surface area contributed by atoms with Gasteiger partial charge in [0.25, 0.3) is 0 Å². The minimum atomic E-state index is -5.08. The molecule has 1 fully saturated rings. The molecule has 5 nitrogen and oxygen atoms in total. The standard InChI is InChI=1S/C11H11ClN2O.C2HF3O2/c12-8-3-1-7(2-4-8)11-9-5-13-6-10(9)15-14-11;3-2(4,5)1(6)7/h1-4,9-10,13H,5-6H2;(H,6,7)/t9-,10+;/m0./s1. The molecule has 0 amide bonds. The molecule has 0 unspecified atom stereocenters. The molecule has 0 spiro atoms. The van der Waals surface area contributed by atoms with Crippen molar-refractivity contribution in [3.8, 4) is 0 Å². The van der Waals surface area contributed by atoms with Crippen molar-refractivity contribution >= 4 is 23.3 Å². The summed E-state index contributed by atoms with van der Waals surface area (Å²) in [5.74, 6) is -2.36. The van der Waals surface area contributed by atoms with Crippen LogP contribution in [0.2, 0.25) is 5.02 Å². The third-order valence-electron chi connectivity index (χ3n) is 3.18. The maximum atomic E-state index is 10.6. The molecule has 0 radical (unpaired) electrons. The summed E-state index contributed by atoms with van der Waals surface area (Å²) in [6, 6.07) is 7.75. The summed E-state index contributed by atoms with van der Waals surface area (Å²) in [6.45, 7) is 1.84. The first kappa shape index (κ1) is 16.6. The lowest BCUT2D eigenvalue weighted by molar-refractivity contribution is -0.192. The van der Waals surface area contributed by atoms with Gasteiger partial charge in [-0.15, -0.1) is 0 Å². The highest BCUT2D eigenvalue weighted by atomic mass is 35.5. The van der Waals surface area contributed by atoms with Crippen LogP contribution in [-0.4, -0.2) is 42.2 Å².